The van der Waals surface area contributed by atoms with Crippen LogP contribution in [-0.4, -0.2) is 62.6 Å². The van der Waals surface area contributed by atoms with Crippen molar-refractivity contribution < 1.29 is 38.1 Å². The van der Waals surface area contributed by atoms with Crippen molar-refractivity contribution in [3.63, 3.8) is 0 Å². The van der Waals surface area contributed by atoms with Crippen molar-refractivity contribution in [3.05, 3.63) is 70.8 Å². The Kier molecular flexibility index (Phi) is 18.4. The van der Waals surface area contributed by atoms with E-state index in [9.17, 15) is 19.2 Å². The molecule has 0 aromatic heterocycles. The maximum absolute atomic E-state index is 11.8. The quantitative estimate of drug-likeness (QED) is 0.116. The Labute approximate surface area is 287 Å². The van der Waals surface area contributed by atoms with Gasteiger partial charge in [0.2, 0.25) is 0 Å². The van der Waals surface area contributed by atoms with E-state index in [1.807, 2.05) is 65.8 Å². The molecular weight excluding hydrogens is 612 g/mol. The number of benzene rings is 2. The Hall–Kier alpha value is -4.08. The number of hydrogen-bond donors (Lipinski definition) is 2. The van der Waals surface area contributed by atoms with Gasteiger partial charge >= 0.3 is 24.1 Å². The van der Waals surface area contributed by atoms with Crippen LogP contribution >= 0.6 is 0 Å². The molecule has 2 rings (SSSR count). The van der Waals surface area contributed by atoms with E-state index >= 15 is 0 Å². The summed E-state index contributed by atoms with van der Waals surface area (Å²) < 4.78 is 19.9. The molecule has 0 heterocycles. The molecule has 10 nitrogen and oxygen atoms in total. The number of alkyl carbamates (subject to hydrolysis) is 2. The highest BCUT2D eigenvalue weighted by Gasteiger charge is 2.18. The number of rotatable bonds is 14. The van der Waals surface area contributed by atoms with Gasteiger partial charge in [-0.25, -0.2) is 19.2 Å². The van der Waals surface area contributed by atoms with Crippen LogP contribution in [0.1, 0.15) is 138 Å². The van der Waals surface area contributed by atoms with Gasteiger partial charge in [-0.05, 0) is 108 Å². The topological polar surface area (TPSA) is 129 Å². The number of carbonyl (C=O) groups excluding carboxylic acids is 4. The second-order valence-corrected chi connectivity index (χ2v) is 13.8. The number of esters is 2. The monoisotopic (exact) mass is 670 g/mol. The van der Waals surface area contributed by atoms with Gasteiger partial charge in [0.05, 0.1) is 25.3 Å². The third kappa shape index (κ3) is 17.7. The minimum atomic E-state index is -0.492. The fraction of sp³-hybridized carbons (Fsp3) is 0.579. The first-order valence-corrected chi connectivity index (χ1v) is 16.8. The molecule has 2 aromatic rings. The Morgan fingerprint density at radius 1 is 0.625 bits per heavy atom. The summed E-state index contributed by atoms with van der Waals surface area (Å²) in [5.41, 5.74) is 2.40. The van der Waals surface area contributed by atoms with Crippen LogP contribution in [0.5, 0.6) is 0 Å². The van der Waals surface area contributed by atoms with Gasteiger partial charge in [0, 0.05) is 13.1 Å². The standard InChI is InChI=1S/C21H33NO4.C17H25NO4/c1-6-7-8-9-16(14-15-22-20(24)26-21(2,3)4)17-10-12-18(13-11-17)19(23)25-5;1-12(10-11-18-16(20)22-17(2,3)4)13-6-8-14(9-7-13)15(19)21-5/h10-13,16H,6-9,14-15H2,1-5H3,(H,22,24);6-9,12H,10-11H2,1-5H3,(H,18,20). The first kappa shape index (κ1) is 41.9. The zero-order valence-electron chi connectivity index (χ0n) is 30.7. The number of amides is 2. The molecule has 0 aliphatic heterocycles. The number of hydrogen-bond acceptors (Lipinski definition) is 8. The van der Waals surface area contributed by atoms with E-state index in [4.69, 9.17) is 14.2 Å². The molecule has 2 aromatic carbocycles. The van der Waals surface area contributed by atoms with Crippen LogP contribution < -0.4 is 10.6 Å². The maximum Gasteiger partial charge on any atom is 0.407 e. The molecule has 0 saturated heterocycles. The first-order chi connectivity index (χ1) is 22.5. The van der Waals surface area contributed by atoms with Gasteiger partial charge in [-0.15, -0.1) is 0 Å². The lowest BCUT2D eigenvalue weighted by molar-refractivity contribution is 0.0514. The zero-order valence-corrected chi connectivity index (χ0v) is 30.7. The van der Waals surface area contributed by atoms with Gasteiger partial charge in [0.25, 0.3) is 0 Å². The lowest BCUT2D eigenvalue weighted by Gasteiger charge is -2.21. The number of carbonyl (C=O) groups is 4. The van der Waals surface area contributed by atoms with Gasteiger partial charge in [-0.2, -0.15) is 0 Å². The fourth-order valence-electron chi connectivity index (χ4n) is 4.73. The van der Waals surface area contributed by atoms with E-state index in [0.717, 1.165) is 31.2 Å². The largest absolute Gasteiger partial charge is 0.465 e. The SMILES string of the molecule is CCCCCC(CCNC(=O)OC(C)(C)C)c1ccc(C(=O)OC)cc1.COC(=O)c1ccc(C(C)CCNC(=O)OC(C)(C)C)cc1. The van der Waals surface area contributed by atoms with Gasteiger partial charge in [-0.3, -0.25) is 0 Å². The Morgan fingerprint density at radius 2 is 1.04 bits per heavy atom. The third-order valence-electron chi connectivity index (χ3n) is 7.27. The Bertz CT molecular complexity index is 1260. The van der Waals surface area contributed by atoms with E-state index in [2.05, 4.69) is 29.2 Å². The molecule has 0 spiro atoms. The highest BCUT2D eigenvalue weighted by Crippen LogP contribution is 2.26. The third-order valence-corrected chi connectivity index (χ3v) is 7.27. The van der Waals surface area contributed by atoms with Crippen LogP contribution in [0.25, 0.3) is 0 Å². The molecule has 2 unspecified atom stereocenters. The van der Waals surface area contributed by atoms with Crippen molar-refractivity contribution in [1.29, 1.82) is 0 Å². The van der Waals surface area contributed by atoms with Crippen molar-refractivity contribution in [1.82, 2.24) is 10.6 Å². The van der Waals surface area contributed by atoms with Gasteiger partial charge < -0.3 is 29.6 Å². The summed E-state index contributed by atoms with van der Waals surface area (Å²) >= 11 is 0. The second kappa shape index (κ2) is 21.0. The normalized spacial score (nSPS) is 12.4. The molecular formula is C38H58N2O8. The molecule has 268 valence electrons. The molecule has 0 fully saturated rings. The minimum Gasteiger partial charge on any atom is -0.465 e. The highest BCUT2D eigenvalue weighted by molar-refractivity contribution is 5.89. The van der Waals surface area contributed by atoms with E-state index in [1.54, 1.807) is 24.3 Å². The van der Waals surface area contributed by atoms with Crippen molar-refractivity contribution in [2.24, 2.45) is 0 Å². The molecule has 2 N–H and O–H groups in total. The van der Waals surface area contributed by atoms with Crippen molar-refractivity contribution in [2.75, 3.05) is 27.3 Å². The van der Waals surface area contributed by atoms with Gasteiger partial charge in [0.15, 0.2) is 0 Å². The number of nitrogens with one attached hydrogen (secondary N) is 2. The predicted octanol–water partition coefficient (Wildman–Crippen LogP) is 8.54. The lowest BCUT2D eigenvalue weighted by Crippen LogP contribution is -2.33. The van der Waals surface area contributed by atoms with Crippen molar-refractivity contribution in [3.8, 4) is 0 Å². The molecule has 2 amide bonds. The molecule has 0 aliphatic rings. The van der Waals surface area contributed by atoms with Crippen LogP contribution in [0, 0.1) is 0 Å². The summed E-state index contributed by atoms with van der Waals surface area (Å²) in [7, 11) is 2.74. The fourth-order valence-corrected chi connectivity index (χ4v) is 4.73. The maximum atomic E-state index is 11.8. The molecule has 0 bridgehead atoms. The number of unbranched alkanes of at least 4 members (excludes halogenated alkanes) is 2. The molecule has 10 heteroatoms. The van der Waals surface area contributed by atoms with Crippen molar-refractivity contribution in [2.45, 2.75) is 117 Å². The van der Waals surface area contributed by atoms with Gasteiger partial charge in [-0.1, -0.05) is 57.4 Å². The Morgan fingerprint density at radius 3 is 1.44 bits per heavy atom. The average Bonchev–Trinajstić information content (AvgIpc) is 3.02. The molecule has 0 radical (unpaired) electrons. The molecule has 48 heavy (non-hydrogen) atoms. The van der Waals surface area contributed by atoms with E-state index in [1.165, 1.54) is 32.6 Å². The summed E-state index contributed by atoms with van der Waals surface area (Å²) in [6.07, 6.45) is 5.40. The lowest BCUT2D eigenvalue weighted by atomic mass is 9.90. The number of ether oxygens (including phenoxy) is 4. The molecule has 0 saturated carbocycles. The van der Waals surface area contributed by atoms with Crippen LogP contribution in [-0.2, 0) is 18.9 Å². The smallest absolute Gasteiger partial charge is 0.407 e. The highest BCUT2D eigenvalue weighted by atomic mass is 16.6. The predicted molar refractivity (Wildman–Crippen MR) is 189 cm³/mol. The second-order valence-electron chi connectivity index (χ2n) is 13.8. The van der Waals surface area contributed by atoms with Crippen LogP contribution in [0.4, 0.5) is 9.59 Å². The van der Waals surface area contributed by atoms with Gasteiger partial charge in [0.1, 0.15) is 11.2 Å². The first-order valence-electron chi connectivity index (χ1n) is 16.8. The van der Waals surface area contributed by atoms with E-state index in [0.29, 0.717) is 30.1 Å². The summed E-state index contributed by atoms with van der Waals surface area (Å²) in [6.45, 7) is 16.4. The van der Waals surface area contributed by atoms with Crippen LogP contribution in [0.15, 0.2) is 48.5 Å². The van der Waals surface area contributed by atoms with E-state index in [-0.39, 0.29) is 23.9 Å². The molecule has 2 atom stereocenters. The summed E-state index contributed by atoms with van der Waals surface area (Å²) in [5.74, 6) is -0.0683. The Balaban J connectivity index is 0.000000487. The number of methoxy groups -OCH3 is 2. The summed E-state index contributed by atoms with van der Waals surface area (Å²) in [5, 5.41) is 5.58. The zero-order chi connectivity index (χ0) is 36.3. The van der Waals surface area contributed by atoms with E-state index < -0.39 is 17.3 Å². The van der Waals surface area contributed by atoms with Crippen molar-refractivity contribution >= 4 is 24.1 Å². The summed E-state index contributed by atoms with van der Waals surface area (Å²) in [6, 6.07) is 14.9. The summed E-state index contributed by atoms with van der Waals surface area (Å²) in [4.78, 5) is 46.3. The van der Waals surface area contributed by atoms with Crippen LogP contribution in [0.2, 0.25) is 0 Å². The molecule has 0 aliphatic carbocycles. The van der Waals surface area contributed by atoms with Crippen LogP contribution in [0.3, 0.4) is 0 Å². The minimum absolute atomic E-state index is 0.265. The average molecular weight is 671 g/mol.